The highest BCUT2D eigenvalue weighted by Crippen LogP contribution is 2.39. The largest absolute Gasteiger partial charge is 0.481 e. The number of thiophene rings is 1. The lowest BCUT2D eigenvalue weighted by atomic mass is 9.97. The number of sulfone groups is 2. The van der Waals surface area contributed by atoms with E-state index in [2.05, 4.69) is 26.5 Å². The molecule has 0 aliphatic heterocycles. The smallest absolute Gasteiger partial charge is 0.428 e. The lowest BCUT2D eigenvalue weighted by molar-refractivity contribution is -0.137. The van der Waals surface area contributed by atoms with Gasteiger partial charge in [0.25, 0.3) is 0 Å². The van der Waals surface area contributed by atoms with Crippen molar-refractivity contribution in [3.63, 3.8) is 0 Å². The van der Waals surface area contributed by atoms with E-state index in [9.17, 15) is 36.0 Å². The molecule has 3 aromatic rings. The molecular weight excluding hydrogens is 791 g/mol. The summed E-state index contributed by atoms with van der Waals surface area (Å²) >= 11 is 2.42. The second-order valence-electron chi connectivity index (χ2n) is 13.5. The first-order valence-corrected chi connectivity index (χ1v) is 22.7. The van der Waals surface area contributed by atoms with Gasteiger partial charge in [-0.05, 0) is 94.7 Å². The number of carbonyl (C=O) groups is 4. The number of ether oxygens (including phenoxy) is 1. The molecule has 0 aliphatic carbocycles. The molecule has 0 bridgehead atoms. The number of anilines is 2. The minimum atomic E-state index is -4.10. The van der Waals surface area contributed by atoms with Gasteiger partial charge in [0.15, 0.2) is 0 Å². The van der Waals surface area contributed by atoms with E-state index in [1.807, 2.05) is 0 Å². The van der Waals surface area contributed by atoms with Gasteiger partial charge >= 0.3 is 18.1 Å². The fourth-order valence-corrected chi connectivity index (χ4v) is 9.78. The van der Waals surface area contributed by atoms with Crippen molar-refractivity contribution in [2.45, 2.75) is 85.8 Å². The van der Waals surface area contributed by atoms with E-state index in [1.165, 1.54) is 53.6 Å². The maximum atomic E-state index is 14.1. The number of urea groups is 1. The maximum absolute atomic E-state index is 14.1. The Balaban J connectivity index is 1.94. The number of rotatable bonds is 18. The number of carboxylic acid groups (broad SMARTS) is 1. The summed E-state index contributed by atoms with van der Waals surface area (Å²) in [4.78, 5) is 49.0. The number of hydrazone groups is 1. The van der Waals surface area contributed by atoms with E-state index in [-0.39, 0.29) is 40.5 Å². The van der Waals surface area contributed by atoms with Gasteiger partial charge in [0.05, 0.1) is 31.7 Å². The van der Waals surface area contributed by atoms with Crippen molar-refractivity contribution in [1.29, 1.82) is 0 Å². The van der Waals surface area contributed by atoms with Crippen LogP contribution in [0.25, 0.3) is 11.1 Å². The number of aryl methyl sites for hydroxylation is 1. The van der Waals surface area contributed by atoms with Crippen molar-refractivity contribution in [1.82, 2.24) is 10.7 Å². The number of thioether (sulfide) groups is 1. The standard InChI is InChI=1S/C36H47N5O10S4/c1-23-18-25(39-34(45)37-16-9-7-8-15-31(43)44)20-28(40-30(42)14-11-17-54(6,47)48)32(23)24-12-10-13-27(19-24)55(49,50)29-21-26(53-33(29)52-5)22-38-41-35(46)51-36(2,3)4/h10,12-13,18-22H,7-9,11,14-17H2,1-6H3,(H,40,42)(H,41,46)(H,43,44)(H2,37,39,45). The number of nitrogens with one attached hydrogen (secondary N) is 4. The van der Waals surface area contributed by atoms with Crippen molar-refractivity contribution < 1.29 is 45.9 Å². The number of benzene rings is 2. The van der Waals surface area contributed by atoms with E-state index >= 15 is 0 Å². The summed E-state index contributed by atoms with van der Waals surface area (Å²) < 4.78 is 57.2. The predicted octanol–water partition coefficient (Wildman–Crippen LogP) is 6.67. The molecule has 0 fully saturated rings. The van der Waals surface area contributed by atoms with Gasteiger partial charge in [-0.2, -0.15) is 5.10 Å². The van der Waals surface area contributed by atoms with Crippen molar-refractivity contribution in [3.05, 3.63) is 52.9 Å². The molecular formula is C36H47N5O10S4. The number of carboxylic acids is 1. The first kappa shape index (κ1) is 44.9. The first-order valence-electron chi connectivity index (χ1n) is 17.1. The van der Waals surface area contributed by atoms with Gasteiger partial charge in [-0.25, -0.2) is 31.9 Å². The van der Waals surface area contributed by atoms with Gasteiger partial charge in [0.2, 0.25) is 15.7 Å². The van der Waals surface area contributed by atoms with Crippen LogP contribution in [0.5, 0.6) is 0 Å². The van der Waals surface area contributed by atoms with Crippen LogP contribution in [0.3, 0.4) is 0 Å². The summed E-state index contributed by atoms with van der Waals surface area (Å²) in [7, 11) is -7.39. The van der Waals surface area contributed by atoms with Gasteiger partial charge in [0, 0.05) is 41.8 Å². The molecule has 0 saturated carbocycles. The molecule has 3 rings (SSSR count). The average Bonchev–Trinajstić information content (AvgIpc) is 3.49. The third kappa shape index (κ3) is 14.9. The van der Waals surface area contributed by atoms with Crippen LogP contribution in [0.4, 0.5) is 21.0 Å². The van der Waals surface area contributed by atoms with E-state index in [0.29, 0.717) is 57.3 Å². The highest BCUT2D eigenvalue weighted by Gasteiger charge is 2.25. The van der Waals surface area contributed by atoms with E-state index < -0.39 is 49.3 Å². The van der Waals surface area contributed by atoms with Crippen LogP contribution in [-0.2, 0) is 34.0 Å². The van der Waals surface area contributed by atoms with Crippen molar-refractivity contribution in [2.24, 2.45) is 5.10 Å². The number of carbonyl (C=O) groups excluding carboxylic acids is 3. The molecule has 19 heteroatoms. The molecule has 2 aromatic carbocycles. The summed E-state index contributed by atoms with van der Waals surface area (Å²) in [5.74, 6) is -1.54. The van der Waals surface area contributed by atoms with Gasteiger partial charge in [-0.3, -0.25) is 9.59 Å². The Morgan fingerprint density at radius 1 is 0.964 bits per heavy atom. The van der Waals surface area contributed by atoms with E-state index in [1.54, 1.807) is 52.1 Å². The molecule has 300 valence electrons. The van der Waals surface area contributed by atoms with Crippen LogP contribution in [0, 0.1) is 6.92 Å². The number of hydrogen-bond donors (Lipinski definition) is 5. The topological polar surface area (TPSA) is 226 Å². The molecule has 15 nitrogen and oxygen atoms in total. The quantitative estimate of drug-likeness (QED) is 0.0394. The van der Waals surface area contributed by atoms with Crippen LogP contribution < -0.4 is 21.4 Å². The third-order valence-electron chi connectivity index (χ3n) is 7.48. The van der Waals surface area contributed by atoms with E-state index in [0.717, 1.165) is 6.26 Å². The van der Waals surface area contributed by atoms with Crippen LogP contribution in [0.15, 0.2) is 61.6 Å². The third-order valence-corrected chi connectivity index (χ3v) is 12.7. The number of hydrogen-bond acceptors (Lipinski definition) is 12. The second-order valence-corrected chi connectivity index (χ2v) is 19.8. The maximum Gasteiger partial charge on any atom is 0.428 e. The Bertz CT molecular complexity index is 2130. The number of aliphatic carboxylic acids is 1. The molecule has 1 heterocycles. The van der Waals surface area contributed by atoms with Crippen molar-refractivity contribution >= 4 is 84.4 Å². The first-order chi connectivity index (χ1) is 25.7. The monoisotopic (exact) mass is 837 g/mol. The molecule has 0 saturated heterocycles. The molecule has 0 unspecified atom stereocenters. The fourth-order valence-electron chi connectivity index (χ4n) is 5.17. The summed E-state index contributed by atoms with van der Waals surface area (Å²) in [6.45, 7) is 7.18. The summed E-state index contributed by atoms with van der Waals surface area (Å²) in [6, 6.07) is 10.4. The van der Waals surface area contributed by atoms with Crippen LogP contribution in [0.2, 0.25) is 0 Å². The minimum Gasteiger partial charge on any atom is -0.481 e. The highest BCUT2D eigenvalue weighted by molar-refractivity contribution is 8.01. The lowest BCUT2D eigenvalue weighted by Crippen LogP contribution is -2.29. The Kier molecular flexibility index (Phi) is 16.3. The zero-order chi connectivity index (χ0) is 41.0. The summed E-state index contributed by atoms with van der Waals surface area (Å²) in [5, 5.41) is 21.0. The lowest BCUT2D eigenvalue weighted by Gasteiger charge is -2.18. The number of nitrogens with zero attached hydrogens (tertiary/aromatic N) is 1. The molecule has 55 heavy (non-hydrogen) atoms. The van der Waals surface area contributed by atoms with Crippen molar-refractivity contribution in [3.8, 4) is 11.1 Å². The van der Waals surface area contributed by atoms with E-state index in [4.69, 9.17) is 9.84 Å². The van der Waals surface area contributed by atoms with Gasteiger partial charge in [-0.1, -0.05) is 18.6 Å². The molecule has 5 N–H and O–H groups in total. The number of amides is 4. The minimum absolute atomic E-state index is 0.0248. The zero-order valence-corrected chi connectivity index (χ0v) is 34.7. The normalized spacial score (nSPS) is 12.0. The van der Waals surface area contributed by atoms with Gasteiger partial charge in [-0.15, -0.1) is 23.1 Å². The Labute approximate surface area is 329 Å². The fraction of sp³-hybridized carbons (Fsp3) is 0.417. The second kappa shape index (κ2) is 19.9. The Hall–Kier alpha value is -4.46. The molecule has 0 radical (unpaired) electrons. The van der Waals surface area contributed by atoms with Gasteiger partial charge in [0.1, 0.15) is 15.4 Å². The average molecular weight is 838 g/mol. The van der Waals surface area contributed by atoms with Crippen LogP contribution in [-0.4, -0.2) is 82.6 Å². The zero-order valence-electron chi connectivity index (χ0n) is 31.5. The Morgan fingerprint density at radius 3 is 2.35 bits per heavy atom. The molecule has 1 aromatic heterocycles. The highest BCUT2D eigenvalue weighted by atomic mass is 32.2. The summed E-state index contributed by atoms with van der Waals surface area (Å²) in [6.07, 6.45) is 5.13. The Morgan fingerprint density at radius 2 is 1.69 bits per heavy atom. The van der Waals surface area contributed by atoms with Gasteiger partial charge < -0.3 is 25.8 Å². The number of unbranched alkanes of at least 4 members (excludes halogenated alkanes) is 2. The molecule has 0 spiro atoms. The molecule has 0 atom stereocenters. The van der Waals surface area contributed by atoms with Crippen LogP contribution >= 0.6 is 23.1 Å². The predicted molar refractivity (Wildman–Crippen MR) is 216 cm³/mol. The van der Waals surface area contributed by atoms with Crippen LogP contribution in [0.1, 0.15) is 69.7 Å². The molecule has 0 aliphatic rings. The molecule has 4 amide bonds. The van der Waals surface area contributed by atoms with Crippen molar-refractivity contribution in [2.75, 3.05) is 35.4 Å². The SMILES string of the molecule is CSc1sc(C=NNC(=O)OC(C)(C)C)cc1S(=O)(=O)c1cccc(-c2c(C)cc(NC(=O)NCCCCCC(=O)O)cc2NC(=O)CCCS(C)(=O)=O)c1. The summed E-state index contributed by atoms with van der Waals surface area (Å²) in [5.41, 5.74) is 3.65.